The Hall–Kier alpha value is -2.84. The number of hydrogen-bond donors (Lipinski definition) is 1. The van der Waals surface area contributed by atoms with Crippen LogP contribution in [0.3, 0.4) is 0 Å². The SMILES string of the molecule is CCOc1ccc(/C(O)=C2\C(=O)C(=O)N(Cc3cccs3)C2c2ccc(Br)o2)cc1. The summed E-state index contributed by atoms with van der Waals surface area (Å²) in [4.78, 5) is 28.2. The van der Waals surface area contributed by atoms with Gasteiger partial charge in [0.05, 0.1) is 18.7 Å². The highest BCUT2D eigenvalue weighted by atomic mass is 79.9. The number of likely N-dealkylation sites (tertiary alicyclic amines) is 1. The van der Waals surface area contributed by atoms with Crippen molar-refractivity contribution >= 4 is 44.7 Å². The molecule has 0 spiro atoms. The second kappa shape index (κ2) is 8.49. The van der Waals surface area contributed by atoms with Gasteiger partial charge in [-0.25, -0.2) is 0 Å². The van der Waals surface area contributed by atoms with Crippen molar-refractivity contribution in [3.05, 3.63) is 80.4 Å². The topological polar surface area (TPSA) is 80.0 Å². The molecule has 1 aromatic carbocycles. The maximum absolute atomic E-state index is 12.9. The molecule has 1 N–H and O–H groups in total. The first-order chi connectivity index (χ1) is 14.5. The summed E-state index contributed by atoms with van der Waals surface area (Å²) in [6.07, 6.45) is 0. The Kier molecular flexibility index (Phi) is 5.78. The van der Waals surface area contributed by atoms with Crippen LogP contribution in [0.15, 0.2) is 68.6 Å². The van der Waals surface area contributed by atoms with Gasteiger partial charge in [0.1, 0.15) is 23.3 Å². The van der Waals surface area contributed by atoms with Crippen molar-refractivity contribution in [1.29, 1.82) is 0 Å². The Bertz CT molecular complexity index is 1100. The smallest absolute Gasteiger partial charge is 0.296 e. The number of aliphatic hydroxyl groups is 1. The predicted octanol–water partition coefficient (Wildman–Crippen LogP) is 5.12. The van der Waals surface area contributed by atoms with Crippen LogP contribution in [-0.2, 0) is 16.1 Å². The van der Waals surface area contributed by atoms with Gasteiger partial charge in [-0.1, -0.05) is 6.07 Å². The summed E-state index contributed by atoms with van der Waals surface area (Å²) >= 11 is 4.76. The van der Waals surface area contributed by atoms with E-state index in [2.05, 4.69) is 15.9 Å². The molecule has 1 fully saturated rings. The van der Waals surface area contributed by atoms with Gasteiger partial charge >= 0.3 is 0 Å². The van der Waals surface area contributed by atoms with E-state index in [4.69, 9.17) is 9.15 Å². The number of halogens is 1. The molecule has 1 amide bonds. The molecule has 154 valence electrons. The molecule has 0 radical (unpaired) electrons. The minimum Gasteiger partial charge on any atom is -0.507 e. The van der Waals surface area contributed by atoms with Gasteiger partial charge in [-0.05, 0) is 70.7 Å². The van der Waals surface area contributed by atoms with Crippen molar-refractivity contribution in [2.24, 2.45) is 0 Å². The molecule has 6 nitrogen and oxygen atoms in total. The van der Waals surface area contributed by atoms with Crippen molar-refractivity contribution in [1.82, 2.24) is 4.90 Å². The Morgan fingerprint density at radius 1 is 1.20 bits per heavy atom. The predicted molar refractivity (Wildman–Crippen MR) is 116 cm³/mol. The molecular weight excluding hydrogens is 470 g/mol. The van der Waals surface area contributed by atoms with E-state index in [0.717, 1.165) is 4.88 Å². The summed E-state index contributed by atoms with van der Waals surface area (Å²) in [5, 5.41) is 12.9. The highest BCUT2D eigenvalue weighted by Gasteiger charge is 2.47. The van der Waals surface area contributed by atoms with E-state index in [9.17, 15) is 14.7 Å². The zero-order valence-electron chi connectivity index (χ0n) is 16.0. The van der Waals surface area contributed by atoms with E-state index in [0.29, 0.717) is 28.3 Å². The molecule has 3 aromatic rings. The van der Waals surface area contributed by atoms with Crippen molar-refractivity contribution in [2.45, 2.75) is 19.5 Å². The van der Waals surface area contributed by atoms with E-state index in [1.165, 1.54) is 16.2 Å². The number of ether oxygens (including phenoxy) is 1. The Balaban J connectivity index is 1.80. The van der Waals surface area contributed by atoms with Crippen molar-refractivity contribution in [3.63, 3.8) is 0 Å². The molecule has 1 saturated heterocycles. The van der Waals surface area contributed by atoms with Crippen LogP contribution in [0.5, 0.6) is 5.75 Å². The third-order valence-corrected chi connectivity index (χ3v) is 6.04. The second-order valence-corrected chi connectivity index (χ2v) is 8.42. The molecule has 0 saturated carbocycles. The molecule has 0 aliphatic carbocycles. The quantitative estimate of drug-likeness (QED) is 0.296. The van der Waals surface area contributed by atoms with Crippen LogP contribution in [0, 0.1) is 0 Å². The van der Waals surface area contributed by atoms with E-state index < -0.39 is 17.7 Å². The molecular formula is C22H18BrNO5S. The average molecular weight is 488 g/mol. The lowest BCUT2D eigenvalue weighted by Crippen LogP contribution is -2.28. The summed E-state index contributed by atoms with van der Waals surface area (Å²) in [6.45, 7) is 2.64. The molecule has 2 aromatic heterocycles. The fourth-order valence-corrected chi connectivity index (χ4v) is 4.44. The number of furan rings is 1. The molecule has 1 unspecified atom stereocenters. The maximum atomic E-state index is 12.9. The van der Waals surface area contributed by atoms with Gasteiger partial charge in [0.2, 0.25) is 0 Å². The highest BCUT2D eigenvalue weighted by Crippen LogP contribution is 2.41. The second-order valence-electron chi connectivity index (χ2n) is 6.61. The van der Waals surface area contributed by atoms with Gasteiger partial charge in [-0.3, -0.25) is 9.59 Å². The molecule has 8 heteroatoms. The van der Waals surface area contributed by atoms with Crippen LogP contribution in [0.1, 0.15) is 29.2 Å². The van der Waals surface area contributed by atoms with Crippen LogP contribution >= 0.6 is 27.3 Å². The van der Waals surface area contributed by atoms with Crippen molar-refractivity contribution in [2.75, 3.05) is 6.61 Å². The number of aliphatic hydroxyl groups excluding tert-OH is 1. The highest BCUT2D eigenvalue weighted by molar-refractivity contribution is 9.10. The number of ketones is 1. The Labute approximate surface area is 185 Å². The summed E-state index contributed by atoms with van der Waals surface area (Å²) in [6, 6.07) is 13.1. The lowest BCUT2D eigenvalue weighted by molar-refractivity contribution is -0.140. The van der Waals surface area contributed by atoms with Gasteiger partial charge in [-0.2, -0.15) is 0 Å². The van der Waals surface area contributed by atoms with Gasteiger partial charge in [-0.15, -0.1) is 11.3 Å². The molecule has 1 aliphatic heterocycles. The van der Waals surface area contributed by atoms with E-state index in [1.54, 1.807) is 36.4 Å². The molecule has 1 aliphatic rings. The molecule has 0 bridgehead atoms. The first kappa shape index (κ1) is 20.4. The van der Waals surface area contributed by atoms with Gasteiger partial charge in [0, 0.05) is 10.4 Å². The van der Waals surface area contributed by atoms with E-state index >= 15 is 0 Å². The third kappa shape index (κ3) is 3.80. The molecule has 30 heavy (non-hydrogen) atoms. The number of thiophene rings is 1. The van der Waals surface area contributed by atoms with Gasteiger partial charge in [0.25, 0.3) is 11.7 Å². The van der Waals surface area contributed by atoms with Crippen LogP contribution in [-0.4, -0.2) is 28.3 Å². The Morgan fingerprint density at radius 2 is 1.97 bits per heavy atom. The first-order valence-electron chi connectivity index (χ1n) is 9.29. The number of Topliss-reactive ketones (excluding diaryl/α,β-unsaturated/α-hetero) is 1. The lowest BCUT2D eigenvalue weighted by Gasteiger charge is -2.22. The third-order valence-electron chi connectivity index (χ3n) is 4.75. The van der Waals surface area contributed by atoms with E-state index in [1.807, 2.05) is 24.4 Å². The standard InChI is InChI=1S/C22H18BrNO5S/c1-2-28-14-7-5-13(6-8-14)20(25)18-19(16-9-10-17(23)29-16)24(22(27)21(18)26)12-15-4-3-11-30-15/h3-11,19,25H,2,12H2,1H3/b20-18+. The van der Waals surface area contributed by atoms with E-state index in [-0.39, 0.29) is 17.9 Å². The molecule has 4 rings (SSSR count). The summed E-state index contributed by atoms with van der Waals surface area (Å²) in [5.41, 5.74) is 0.422. The zero-order chi connectivity index (χ0) is 21.3. The van der Waals surface area contributed by atoms with Crippen molar-refractivity contribution < 1.29 is 23.8 Å². The largest absolute Gasteiger partial charge is 0.507 e. The minimum absolute atomic E-state index is 0.00238. The van der Waals surface area contributed by atoms with Gasteiger partial charge < -0.3 is 19.2 Å². The minimum atomic E-state index is -0.829. The van der Waals surface area contributed by atoms with Gasteiger partial charge in [0.15, 0.2) is 4.67 Å². The van der Waals surface area contributed by atoms with Crippen LogP contribution in [0.4, 0.5) is 0 Å². The van der Waals surface area contributed by atoms with Crippen LogP contribution in [0.25, 0.3) is 5.76 Å². The summed E-state index contributed by atoms with van der Waals surface area (Å²) in [5.74, 6) is -0.615. The molecule has 1 atom stereocenters. The number of carbonyl (C=O) groups is 2. The monoisotopic (exact) mass is 487 g/mol. The number of carbonyl (C=O) groups excluding carboxylic acids is 2. The number of hydrogen-bond acceptors (Lipinski definition) is 6. The number of amides is 1. The Morgan fingerprint density at radius 3 is 2.57 bits per heavy atom. The number of nitrogens with zero attached hydrogens (tertiary/aromatic N) is 1. The maximum Gasteiger partial charge on any atom is 0.296 e. The fraction of sp³-hybridized carbons (Fsp3) is 0.182. The number of benzene rings is 1. The first-order valence-corrected chi connectivity index (χ1v) is 11.0. The van der Waals surface area contributed by atoms with Crippen molar-refractivity contribution in [3.8, 4) is 5.75 Å². The molecule has 3 heterocycles. The normalized spacial score (nSPS) is 18.2. The lowest BCUT2D eigenvalue weighted by atomic mass is 9.99. The average Bonchev–Trinajstić information content (AvgIpc) is 3.46. The van der Waals surface area contributed by atoms with Crippen LogP contribution < -0.4 is 4.74 Å². The zero-order valence-corrected chi connectivity index (χ0v) is 18.4. The summed E-state index contributed by atoms with van der Waals surface area (Å²) < 4.78 is 11.6. The summed E-state index contributed by atoms with van der Waals surface area (Å²) in [7, 11) is 0. The number of rotatable bonds is 6. The van der Waals surface area contributed by atoms with Crippen LogP contribution in [0.2, 0.25) is 0 Å². The fourth-order valence-electron chi connectivity index (χ4n) is 3.42.